The van der Waals surface area contributed by atoms with Gasteiger partial charge in [-0.05, 0) is 24.3 Å². The summed E-state index contributed by atoms with van der Waals surface area (Å²) in [4.78, 5) is 87.7. The van der Waals surface area contributed by atoms with Gasteiger partial charge in [0.1, 0.15) is 4.90 Å². The Bertz CT molecular complexity index is 1410. The van der Waals surface area contributed by atoms with Crippen molar-refractivity contribution in [3.63, 3.8) is 0 Å². The van der Waals surface area contributed by atoms with Crippen molar-refractivity contribution in [3.05, 3.63) is 65.7 Å². The van der Waals surface area contributed by atoms with Crippen LogP contribution in [0, 0.1) is 0 Å². The van der Waals surface area contributed by atoms with Gasteiger partial charge >= 0.3 is 320 Å². The van der Waals surface area contributed by atoms with Gasteiger partial charge in [0.05, 0.1) is 11.1 Å². The van der Waals surface area contributed by atoms with Crippen molar-refractivity contribution in [2.24, 2.45) is 0 Å². The fourth-order valence-corrected chi connectivity index (χ4v) is 4.12. The van der Waals surface area contributed by atoms with E-state index in [1.807, 2.05) is 4.72 Å². The Labute approximate surface area is 504 Å². The Balaban J connectivity index is -0.0000000315. The molecule has 0 atom stereocenters. The maximum absolute atomic E-state index is 11.1. The van der Waals surface area contributed by atoms with Gasteiger partial charge in [-0.2, -0.15) is 4.31 Å². The number of carbonyl (C=O) groups excluding carboxylic acids is 1. The molecule has 266 valence electrons. The molecule has 1 aliphatic heterocycles. The molecule has 0 saturated carbocycles. The number of nitrogens with one attached hydrogen (secondary N) is 1. The quantitative estimate of drug-likeness (QED) is 0.100. The van der Waals surface area contributed by atoms with E-state index in [9.17, 15) is 31.3 Å². The average molecular weight is 969 g/mol. The predicted molar refractivity (Wildman–Crippen MR) is 201 cm³/mol. The van der Waals surface area contributed by atoms with Crippen molar-refractivity contribution in [2.75, 3.05) is 0 Å². The van der Waals surface area contributed by atoms with Crippen LogP contribution in [-0.2, 0) is 32.6 Å². The normalized spacial score (nSPS) is 10.7. The van der Waals surface area contributed by atoms with Gasteiger partial charge in [0.25, 0.3) is 15.9 Å². The number of rotatable bonds is 3. The molecule has 0 aliphatic carbocycles. The van der Waals surface area contributed by atoms with Gasteiger partial charge in [0, 0.05) is 0 Å². The number of benzene rings is 2. The van der Waals surface area contributed by atoms with Crippen LogP contribution in [0.25, 0.3) is 0 Å². The molecule has 1 heterocycles. The van der Waals surface area contributed by atoms with E-state index in [4.69, 9.17) is 58.3 Å². The first-order valence-corrected chi connectivity index (χ1v) is 16.5. The number of sulfonamides is 1. The molecule has 51 heavy (non-hydrogen) atoms. The summed E-state index contributed by atoms with van der Waals surface area (Å²) in [6, 6.07) is 14.4. The number of carboxylic acids is 1. The van der Waals surface area contributed by atoms with E-state index >= 15 is 0 Å². The van der Waals surface area contributed by atoms with E-state index in [0.29, 0.717) is 5.56 Å². The molecule has 1 amide bonds. The van der Waals surface area contributed by atoms with Gasteiger partial charge in [-0.3, -0.25) is 14.6 Å². The van der Waals surface area contributed by atoms with Crippen LogP contribution in [0.2, 0.25) is 0 Å². The number of fused-ring (bicyclic) bond motifs is 1. The molecule has 0 spiro atoms. The molecule has 0 radical (unpaired) electrons. The van der Waals surface area contributed by atoms with Crippen molar-refractivity contribution < 1.29 is 105 Å². The molecule has 37 heteroatoms. The number of carboxylic acid groups (broad SMARTS) is 1. The van der Waals surface area contributed by atoms with Crippen LogP contribution in [0.4, 0.5) is 4.20 Å². The summed E-state index contributed by atoms with van der Waals surface area (Å²) in [7, 11) is -23.4. The summed E-state index contributed by atoms with van der Waals surface area (Å²) in [5, 5.41) is 8.38. The van der Waals surface area contributed by atoms with Crippen LogP contribution in [0.3, 0.4) is 0 Å². The molecule has 0 fully saturated rings. The summed E-state index contributed by atoms with van der Waals surface area (Å²) in [6.45, 7) is 0. The molecule has 22 nitrogen and oxygen atoms in total. The SMILES string of the molecule is O.O.O=C(O)c1ccccc1.O=C1NS(=O)(=O)c2ccccc21.O=P(O)(O)F.O=P(O)(O)O.O=P(O)(O)OP(=O)(O)O.[CaH2].[CaH2].[NaH].[NaH].[NaH].[NaH].[NaH].[NaH].[NaH]. The zero-order valence-corrected chi connectivity index (χ0v) is 24.3. The third kappa shape index (κ3) is 66.5. The standard InChI is InChI=1S/C7H5NO3S.C7H6O2.2Ca.FH2O3P.7Na.H4O7P2.H3O4P.2H2O.11H/c9-7-5-3-1-2-4-6(5)12(10,11)8-7;8-7(9)6-4-2-1-3-5-6;;;1-5(2,3)4;;;;;;;;1-8(2,3)7-9(4,5)6;1-5(2,3)4;;;;;;;;;;;;;/h1-4H,(H,8,9);1-5H,(H,8,9);;;(H2,2,3,4);;;;;;;;(H2,1,2,3)(H2,4,5,6);(H3,1,2,3,4);2*1H2;;;;;;;;;;;. The van der Waals surface area contributed by atoms with E-state index in [1.165, 1.54) is 12.1 Å². The van der Waals surface area contributed by atoms with Crippen LogP contribution >= 0.6 is 31.4 Å². The first-order chi connectivity index (χ1) is 17.6. The van der Waals surface area contributed by atoms with Crippen molar-refractivity contribution in [3.8, 4) is 0 Å². The van der Waals surface area contributed by atoms with E-state index in [0.717, 1.165) is 0 Å². The van der Waals surface area contributed by atoms with E-state index in [2.05, 4.69) is 4.31 Å². The molecule has 3 rings (SSSR count). The van der Waals surface area contributed by atoms with Crippen molar-refractivity contribution in [2.45, 2.75) is 4.90 Å². The molecule has 0 bridgehead atoms. The number of carbonyl (C=O) groups is 2. The van der Waals surface area contributed by atoms with Crippen LogP contribution < -0.4 is 4.72 Å². The summed E-state index contributed by atoms with van der Waals surface area (Å²) in [6.07, 6.45) is 0. The Morgan fingerprint density at radius 3 is 1.14 bits per heavy atom. The molecular formula is C14H35Ca2FNNa7O21P4S. The minimum absolute atomic E-state index is 0. The monoisotopic (exact) mass is 969 g/mol. The van der Waals surface area contributed by atoms with Gasteiger partial charge < -0.3 is 50.3 Å². The molecule has 2 aromatic rings. The first-order valence-electron chi connectivity index (χ1n) is 8.93. The van der Waals surface area contributed by atoms with Crippen LogP contribution in [0.15, 0.2) is 59.5 Å². The second kappa shape index (κ2) is 45.2. The average Bonchev–Trinajstić information content (AvgIpc) is 2.93. The molecule has 2 aromatic carbocycles. The number of phosphoric acid groups is 3. The van der Waals surface area contributed by atoms with Gasteiger partial charge in [-0.15, -0.1) is 4.20 Å². The minimum atomic E-state index is -5.14. The van der Waals surface area contributed by atoms with Gasteiger partial charge in [-0.25, -0.2) is 36.2 Å². The fraction of sp³-hybridized carbons (Fsp3) is 0. The number of halogens is 1. The Kier molecular flexibility index (Phi) is 82.7. The Morgan fingerprint density at radius 2 is 0.922 bits per heavy atom. The molecule has 0 aromatic heterocycles. The molecule has 0 unspecified atom stereocenters. The van der Waals surface area contributed by atoms with Crippen LogP contribution in [-0.4, -0.2) is 363 Å². The summed E-state index contributed by atoms with van der Waals surface area (Å²) in [5.41, 5.74) is 0.551. The third-order valence-corrected chi connectivity index (χ3v) is 5.97. The zero-order chi connectivity index (χ0) is 32.2. The zero-order valence-electron chi connectivity index (χ0n) is 19.9. The Morgan fingerprint density at radius 1 is 0.647 bits per heavy atom. The van der Waals surface area contributed by atoms with Gasteiger partial charge in [0.2, 0.25) is 0 Å². The summed E-state index contributed by atoms with van der Waals surface area (Å²) in [5.74, 6) is -1.43. The van der Waals surface area contributed by atoms with Gasteiger partial charge in [-0.1, -0.05) is 30.3 Å². The van der Waals surface area contributed by atoms with Crippen molar-refractivity contribution >= 4 is 336 Å². The molecule has 0 saturated heterocycles. The summed E-state index contributed by atoms with van der Waals surface area (Å²) < 4.78 is 74.3. The first kappa shape index (κ1) is 93.2. The number of hydrogen-bond acceptors (Lipinski definition) is 9. The predicted octanol–water partition coefficient (Wildman–Crippen LogP) is -8.21. The third-order valence-electron chi connectivity index (χ3n) is 2.88. The second-order valence-electron chi connectivity index (χ2n) is 6.15. The summed E-state index contributed by atoms with van der Waals surface area (Å²) >= 11 is 0. The van der Waals surface area contributed by atoms with Crippen LogP contribution in [0.5, 0.6) is 0 Å². The fourth-order valence-electron chi connectivity index (χ4n) is 1.84. The number of amides is 1. The van der Waals surface area contributed by atoms with Gasteiger partial charge in [0.15, 0.2) is 0 Å². The molecule has 1 aliphatic rings. The number of aromatic carboxylic acids is 1. The molecule has 15 N–H and O–H groups in total. The maximum atomic E-state index is 11.1. The Hall–Kier alpha value is 7.22. The van der Waals surface area contributed by atoms with E-state index in [1.54, 1.807) is 42.5 Å². The van der Waals surface area contributed by atoms with E-state index in [-0.39, 0.29) is 304 Å². The molecular weight excluding hydrogens is 934 g/mol. The van der Waals surface area contributed by atoms with Crippen LogP contribution in [0.1, 0.15) is 20.7 Å². The topological polar surface area (TPSA) is 423 Å². The van der Waals surface area contributed by atoms with E-state index < -0.39 is 53.3 Å². The van der Waals surface area contributed by atoms with Crippen molar-refractivity contribution in [1.29, 1.82) is 0 Å². The second-order valence-corrected chi connectivity index (χ2v) is 12.4. The van der Waals surface area contributed by atoms with Crippen molar-refractivity contribution in [1.82, 2.24) is 4.72 Å². The number of hydrogen-bond donors (Lipinski definition) is 11.